The van der Waals surface area contributed by atoms with E-state index in [-0.39, 0.29) is 5.75 Å². The number of hydrogen-bond acceptors (Lipinski definition) is 4. The van der Waals surface area contributed by atoms with Crippen LogP contribution in [0.3, 0.4) is 0 Å². The van der Waals surface area contributed by atoms with Crippen molar-refractivity contribution in [1.29, 1.82) is 0 Å². The van der Waals surface area contributed by atoms with Crippen molar-refractivity contribution in [2.75, 3.05) is 5.73 Å². The van der Waals surface area contributed by atoms with Crippen molar-refractivity contribution in [3.05, 3.63) is 48.0 Å². The second-order valence-corrected chi connectivity index (χ2v) is 3.73. The molecule has 0 aliphatic heterocycles. The van der Waals surface area contributed by atoms with Crippen LogP contribution < -0.4 is 5.73 Å². The monoisotopic (exact) mass is 227 g/mol. The minimum absolute atomic E-state index is 0.168. The van der Waals surface area contributed by atoms with E-state index in [9.17, 15) is 5.11 Å². The largest absolute Gasteiger partial charge is 0.508 e. The number of anilines is 1. The molecule has 0 aliphatic carbocycles. The summed E-state index contributed by atoms with van der Waals surface area (Å²) in [5, 5.41) is 17.6. The third kappa shape index (κ3) is 2.60. The fourth-order valence-electron chi connectivity index (χ4n) is 1.39. The fourth-order valence-corrected chi connectivity index (χ4v) is 1.39. The van der Waals surface area contributed by atoms with Gasteiger partial charge in [-0.1, -0.05) is 18.2 Å². The van der Waals surface area contributed by atoms with Crippen LogP contribution in [-0.2, 0) is 0 Å². The second kappa shape index (κ2) is 4.65. The summed E-state index contributed by atoms with van der Waals surface area (Å²) in [5.74, 6) is 0.168. The molecule has 0 atom stereocenters. The molecule has 0 heterocycles. The number of aryl methyl sites for hydroxylation is 1. The van der Waals surface area contributed by atoms with Gasteiger partial charge in [0.25, 0.3) is 0 Å². The lowest BCUT2D eigenvalue weighted by molar-refractivity contribution is 0.471. The third-order valence-electron chi connectivity index (χ3n) is 2.37. The van der Waals surface area contributed by atoms with E-state index in [2.05, 4.69) is 10.2 Å². The Hall–Kier alpha value is -2.36. The molecule has 86 valence electrons. The van der Waals surface area contributed by atoms with Gasteiger partial charge in [-0.2, -0.15) is 5.11 Å². The van der Waals surface area contributed by atoms with Crippen LogP contribution in [-0.4, -0.2) is 5.11 Å². The van der Waals surface area contributed by atoms with E-state index in [0.29, 0.717) is 11.4 Å². The van der Waals surface area contributed by atoms with Gasteiger partial charge >= 0.3 is 0 Å². The first-order chi connectivity index (χ1) is 8.16. The number of phenols is 1. The fraction of sp³-hybridized carbons (Fsp3) is 0.0769. The smallest absolute Gasteiger partial charge is 0.120 e. The first-order valence-electron chi connectivity index (χ1n) is 5.22. The van der Waals surface area contributed by atoms with Gasteiger partial charge in [-0.15, -0.1) is 5.11 Å². The summed E-state index contributed by atoms with van der Waals surface area (Å²) in [6.45, 7) is 1.79. The van der Waals surface area contributed by atoms with E-state index >= 15 is 0 Å². The molecule has 2 aromatic carbocycles. The summed E-state index contributed by atoms with van der Waals surface area (Å²) in [7, 11) is 0. The van der Waals surface area contributed by atoms with Crippen molar-refractivity contribution in [3.8, 4) is 5.75 Å². The molecule has 2 aromatic rings. The zero-order valence-electron chi connectivity index (χ0n) is 9.46. The highest BCUT2D eigenvalue weighted by Gasteiger charge is 2.03. The molecule has 4 nitrogen and oxygen atoms in total. The molecule has 0 radical (unpaired) electrons. The summed E-state index contributed by atoms with van der Waals surface area (Å²) < 4.78 is 0. The van der Waals surface area contributed by atoms with Gasteiger partial charge in [0, 0.05) is 6.07 Å². The van der Waals surface area contributed by atoms with Crippen LogP contribution in [0.2, 0.25) is 0 Å². The van der Waals surface area contributed by atoms with E-state index < -0.39 is 0 Å². The van der Waals surface area contributed by atoms with E-state index in [1.54, 1.807) is 13.0 Å². The van der Waals surface area contributed by atoms with Crippen molar-refractivity contribution in [2.24, 2.45) is 10.2 Å². The van der Waals surface area contributed by atoms with Gasteiger partial charge in [0.1, 0.15) is 11.4 Å². The van der Waals surface area contributed by atoms with Crippen molar-refractivity contribution >= 4 is 17.1 Å². The maximum absolute atomic E-state index is 9.46. The Morgan fingerprint density at radius 3 is 2.47 bits per heavy atom. The lowest BCUT2D eigenvalue weighted by Gasteiger charge is -2.03. The molecule has 0 amide bonds. The Morgan fingerprint density at radius 2 is 1.76 bits per heavy atom. The van der Waals surface area contributed by atoms with Crippen LogP contribution in [0, 0.1) is 6.92 Å². The number of nitrogen functional groups attached to an aromatic ring is 1. The highest BCUT2D eigenvalue weighted by atomic mass is 16.3. The molecule has 0 spiro atoms. The zero-order chi connectivity index (χ0) is 12.3. The Kier molecular flexibility index (Phi) is 3.05. The molecule has 17 heavy (non-hydrogen) atoms. The maximum atomic E-state index is 9.46. The number of azo groups is 1. The Bertz CT molecular complexity index is 550. The van der Waals surface area contributed by atoms with E-state index in [0.717, 1.165) is 11.3 Å². The minimum Gasteiger partial charge on any atom is -0.508 e. The highest BCUT2D eigenvalue weighted by Crippen LogP contribution is 2.30. The van der Waals surface area contributed by atoms with Crippen LogP contribution in [0.4, 0.5) is 17.1 Å². The number of benzene rings is 2. The molecule has 0 aliphatic rings. The summed E-state index contributed by atoms with van der Waals surface area (Å²) in [4.78, 5) is 0. The number of nitrogens with two attached hydrogens (primary N) is 1. The normalized spacial score (nSPS) is 10.9. The Morgan fingerprint density at radius 1 is 1.06 bits per heavy atom. The summed E-state index contributed by atoms with van der Waals surface area (Å²) >= 11 is 0. The molecule has 4 heteroatoms. The van der Waals surface area contributed by atoms with Gasteiger partial charge in [-0.05, 0) is 30.7 Å². The summed E-state index contributed by atoms with van der Waals surface area (Å²) in [5.41, 5.74) is 8.20. The molecule has 2 rings (SSSR count). The maximum Gasteiger partial charge on any atom is 0.120 e. The third-order valence-corrected chi connectivity index (χ3v) is 2.37. The lowest BCUT2D eigenvalue weighted by atomic mass is 10.2. The highest BCUT2D eigenvalue weighted by molar-refractivity contribution is 5.66. The van der Waals surface area contributed by atoms with Crippen LogP contribution in [0.25, 0.3) is 0 Å². The molecular formula is C13H13N3O. The molecule has 3 N–H and O–H groups in total. The average Bonchev–Trinajstić information content (AvgIpc) is 2.33. The number of rotatable bonds is 2. The molecule has 0 unspecified atom stereocenters. The molecular weight excluding hydrogens is 214 g/mol. The number of phenolic OH excluding ortho intramolecular Hbond substituents is 1. The first-order valence-corrected chi connectivity index (χ1v) is 5.22. The van der Waals surface area contributed by atoms with Crippen molar-refractivity contribution in [1.82, 2.24) is 0 Å². The second-order valence-electron chi connectivity index (χ2n) is 3.73. The quantitative estimate of drug-likeness (QED) is 0.606. The van der Waals surface area contributed by atoms with Crippen LogP contribution in [0.5, 0.6) is 5.75 Å². The van der Waals surface area contributed by atoms with Gasteiger partial charge in [-0.25, -0.2) is 0 Å². The topological polar surface area (TPSA) is 71.0 Å². The summed E-state index contributed by atoms with van der Waals surface area (Å²) in [6, 6.07) is 12.6. The van der Waals surface area contributed by atoms with Crippen molar-refractivity contribution in [2.45, 2.75) is 6.92 Å². The molecule has 0 saturated carbocycles. The van der Waals surface area contributed by atoms with E-state index in [4.69, 9.17) is 5.73 Å². The molecule has 0 aromatic heterocycles. The average molecular weight is 227 g/mol. The molecule has 0 fully saturated rings. The zero-order valence-corrected chi connectivity index (χ0v) is 9.46. The Balaban J connectivity index is 2.31. The van der Waals surface area contributed by atoms with Crippen LogP contribution in [0.15, 0.2) is 52.7 Å². The van der Waals surface area contributed by atoms with Crippen LogP contribution in [0.1, 0.15) is 5.56 Å². The van der Waals surface area contributed by atoms with E-state index in [1.807, 2.05) is 30.3 Å². The standard InChI is InChI=1S/C13H13N3O/c1-9-7-12(11(14)8-13(9)17)16-15-10-5-3-2-4-6-10/h2-8,17H,14H2,1H3. The summed E-state index contributed by atoms with van der Waals surface area (Å²) in [6.07, 6.45) is 0. The first kappa shape index (κ1) is 11.1. The van der Waals surface area contributed by atoms with Gasteiger partial charge in [0.15, 0.2) is 0 Å². The Labute approximate surface area is 99.4 Å². The lowest BCUT2D eigenvalue weighted by Crippen LogP contribution is -1.86. The SMILES string of the molecule is Cc1cc(N=Nc2ccccc2)c(N)cc1O. The molecule has 0 bridgehead atoms. The van der Waals surface area contributed by atoms with E-state index in [1.165, 1.54) is 6.07 Å². The van der Waals surface area contributed by atoms with Gasteiger partial charge in [0.2, 0.25) is 0 Å². The van der Waals surface area contributed by atoms with Crippen LogP contribution >= 0.6 is 0 Å². The van der Waals surface area contributed by atoms with Gasteiger partial charge < -0.3 is 10.8 Å². The van der Waals surface area contributed by atoms with Crippen molar-refractivity contribution < 1.29 is 5.11 Å². The molecule has 0 saturated heterocycles. The minimum atomic E-state index is 0.168. The number of nitrogens with zero attached hydrogens (tertiary/aromatic N) is 2. The number of hydrogen-bond donors (Lipinski definition) is 2. The predicted molar refractivity (Wildman–Crippen MR) is 67.9 cm³/mol. The van der Waals surface area contributed by atoms with Gasteiger partial charge in [-0.3, -0.25) is 0 Å². The van der Waals surface area contributed by atoms with Crippen molar-refractivity contribution in [3.63, 3.8) is 0 Å². The number of aromatic hydroxyl groups is 1. The van der Waals surface area contributed by atoms with Gasteiger partial charge in [0.05, 0.1) is 11.4 Å². The predicted octanol–water partition coefficient (Wildman–Crippen LogP) is 3.70.